The van der Waals surface area contributed by atoms with Gasteiger partial charge < -0.3 is 29.9 Å². The predicted octanol–water partition coefficient (Wildman–Crippen LogP) is 1.56. The van der Waals surface area contributed by atoms with E-state index < -0.39 is 24.1 Å². The Hall–Kier alpha value is -2.73. The van der Waals surface area contributed by atoms with E-state index in [0.717, 1.165) is 26.1 Å². The zero-order valence-corrected chi connectivity index (χ0v) is 22.3. The number of aliphatic hydroxyl groups is 2. The first-order valence-corrected chi connectivity index (χ1v) is 12.5. The van der Waals surface area contributed by atoms with E-state index in [0.29, 0.717) is 6.04 Å². The molecule has 2 aliphatic rings. The molecule has 0 radical (unpaired) electrons. The molecule has 0 unspecified atom stereocenters. The van der Waals surface area contributed by atoms with Gasteiger partial charge in [-0.3, -0.25) is 9.69 Å². The number of hydrogen-bond acceptors (Lipinski definition) is 6. The molecule has 1 aromatic heterocycles. The number of amides is 1. The lowest BCUT2D eigenvalue weighted by Crippen LogP contribution is -2.47. The molecule has 0 fully saturated rings. The van der Waals surface area contributed by atoms with Gasteiger partial charge >= 0.3 is 11.9 Å². The Balaban J connectivity index is 0.000000308. The van der Waals surface area contributed by atoms with Crippen LogP contribution in [0.15, 0.2) is 28.9 Å². The Kier molecular flexibility index (Phi) is 8.60. The molecule has 2 heterocycles. The largest absolute Gasteiger partial charge is 0.479 e. The molecule has 4 rings (SSSR count). The van der Waals surface area contributed by atoms with E-state index in [1.807, 2.05) is 4.90 Å². The van der Waals surface area contributed by atoms with Gasteiger partial charge in [0.25, 0.3) is 0 Å². The van der Waals surface area contributed by atoms with Crippen LogP contribution in [0.25, 0.3) is 16.5 Å². The lowest BCUT2D eigenvalue weighted by molar-refractivity contribution is -0.165. The van der Waals surface area contributed by atoms with E-state index in [1.165, 1.54) is 32.2 Å². The Morgan fingerprint density at radius 2 is 1.67 bits per heavy atom. The minimum absolute atomic E-state index is 0.0601. The number of halogens is 1. The van der Waals surface area contributed by atoms with Crippen molar-refractivity contribution in [2.24, 2.45) is 13.0 Å². The molecule has 10 nitrogen and oxygen atoms in total. The maximum absolute atomic E-state index is 13.0. The summed E-state index contributed by atoms with van der Waals surface area (Å²) in [6.45, 7) is 6.44. The summed E-state index contributed by atoms with van der Waals surface area (Å²) < 4.78 is 3.40. The molecule has 0 saturated carbocycles. The first kappa shape index (κ1) is 27.9. The predicted molar refractivity (Wildman–Crippen MR) is 137 cm³/mol. The van der Waals surface area contributed by atoms with Crippen LogP contribution in [-0.4, -0.2) is 97.6 Å². The number of aliphatic hydroxyl groups excluding tert-OH is 2. The highest BCUT2D eigenvalue weighted by Crippen LogP contribution is 2.44. The summed E-state index contributed by atoms with van der Waals surface area (Å²) in [5.41, 5.74) is 5.25. The van der Waals surface area contributed by atoms with Gasteiger partial charge in [-0.2, -0.15) is 0 Å². The molecule has 1 aromatic carbocycles. The molecule has 11 heteroatoms. The second-order valence-electron chi connectivity index (χ2n) is 8.99. The average Bonchev–Trinajstić information content (AvgIpc) is 3.10. The summed E-state index contributed by atoms with van der Waals surface area (Å²) in [6.07, 6.45) is -1.29. The summed E-state index contributed by atoms with van der Waals surface area (Å²) in [5, 5.41) is 33.9. The van der Waals surface area contributed by atoms with E-state index >= 15 is 0 Å². The second-order valence-corrected chi connectivity index (χ2v) is 9.74. The normalized spacial score (nSPS) is 20.5. The summed E-state index contributed by atoms with van der Waals surface area (Å²) >= 11 is 3.80. The molecule has 196 valence electrons. The van der Waals surface area contributed by atoms with Gasteiger partial charge in [-0.25, -0.2) is 9.59 Å². The number of rotatable bonds is 6. The molecule has 0 saturated heterocycles. The molecule has 4 N–H and O–H groups in total. The third-order valence-electron chi connectivity index (χ3n) is 6.91. The van der Waals surface area contributed by atoms with Gasteiger partial charge in [0.2, 0.25) is 5.91 Å². The van der Waals surface area contributed by atoms with Crippen LogP contribution < -0.4 is 0 Å². The number of benzene rings is 1. The number of carboxylic acid groups (broad SMARTS) is 2. The Labute approximate surface area is 217 Å². The molecule has 2 aromatic rings. The van der Waals surface area contributed by atoms with E-state index in [4.69, 9.17) is 20.4 Å². The van der Waals surface area contributed by atoms with Crippen LogP contribution in [0.5, 0.6) is 0 Å². The minimum atomic E-state index is -2.27. The van der Waals surface area contributed by atoms with E-state index in [9.17, 15) is 14.4 Å². The third-order valence-corrected chi connectivity index (χ3v) is 7.92. The van der Waals surface area contributed by atoms with Crippen LogP contribution in [0.3, 0.4) is 0 Å². The van der Waals surface area contributed by atoms with Gasteiger partial charge in [-0.1, -0.05) is 18.2 Å². The molecule has 1 aliphatic heterocycles. The van der Waals surface area contributed by atoms with Gasteiger partial charge in [0.05, 0.1) is 10.5 Å². The van der Waals surface area contributed by atoms with Gasteiger partial charge in [0.15, 0.2) is 12.2 Å². The number of nitrogens with zero attached hydrogens (tertiary/aromatic N) is 3. The summed E-state index contributed by atoms with van der Waals surface area (Å²) in [6, 6.07) is 6.87. The van der Waals surface area contributed by atoms with E-state index in [2.05, 4.69) is 77.6 Å². The van der Waals surface area contributed by atoms with Gasteiger partial charge in [-0.15, -0.1) is 0 Å². The van der Waals surface area contributed by atoms with Crippen LogP contribution in [0.2, 0.25) is 0 Å². The van der Waals surface area contributed by atoms with Crippen molar-refractivity contribution in [3.05, 3.63) is 40.0 Å². The number of aromatic nitrogens is 1. The summed E-state index contributed by atoms with van der Waals surface area (Å²) in [7, 11) is 4.27. The maximum Gasteiger partial charge on any atom is 0.335 e. The van der Waals surface area contributed by atoms with Crippen molar-refractivity contribution < 1.29 is 34.8 Å². The fraction of sp³-hybridized carbons (Fsp3) is 0.480. The minimum Gasteiger partial charge on any atom is -0.479 e. The third kappa shape index (κ3) is 5.06. The zero-order valence-electron chi connectivity index (χ0n) is 20.7. The standard InChI is InChI=1S/C21H26BrN3O.C4H6O6/c1-5-25(6-2)21(26)13-10-15-14-8-7-9-17-19(14)16(20(22)24(17)4)11-18(15)23(3)12-13;5-1(3(7)8)2(6)4(9)10/h7-10,13,18H,5-6,11-12H2,1-4H3;1-2,5-6H,(H,7,8)(H,9,10)/t13-,18-;1-,2-/m11/s1. The smallest absolute Gasteiger partial charge is 0.335 e. The Morgan fingerprint density at radius 3 is 2.19 bits per heavy atom. The molecule has 36 heavy (non-hydrogen) atoms. The molecular formula is C25H32BrN3O7. The lowest BCUT2D eigenvalue weighted by atomic mass is 9.79. The number of carbonyl (C=O) groups is 3. The zero-order chi connectivity index (χ0) is 26.9. The van der Waals surface area contributed by atoms with E-state index in [1.54, 1.807) is 0 Å². The molecular weight excluding hydrogens is 534 g/mol. The second kappa shape index (κ2) is 11.1. The van der Waals surface area contributed by atoms with Crippen LogP contribution in [-0.2, 0) is 27.9 Å². The first-order chi connectivity index (χ1) is 16.9. The highest BCUT2D eigenvalue weighted by Gasteiger charge is 2.37. The van der Waals surface area contributed by atoms with Crippen molar-refractivity contribution in [2.45, 2.75) is 38.5 Å². The topological polar surface area (TPSA) is 144 Å². The highest BCUT2D eigenvalue weighted by molar-refractivity contribution is 9.10. The number of aryl methyl sites for hydroxylation is 1. The van der Waals surface area contributed by atoms with Crippen LogP contribution in [0, 0.1) is 5.92 Å². The van der Waals surface area contributed by atoms with Gasteiger partial charge in [-0.05, 0) is 66.0 Å². The first-order valence-electron chi connectivity index (χ1n) is 11.7. The van der Waals surface area contributed by atoms with E-state index in [-0.39, 0.29) is 11.8 Å². The van der Waals surface area contributed by atoms with Crippen molar-refractivity contribution in [1.82, 2.24) is 14.4 Å². The lowest BCUT2D eigenvalue weighted by Gasteiger charge is -2.40. The number of aliphatic carboxylic acids is 2. The molecule has 0 spiro atoms. The molecule has 1 aliphatic carbocycles. The fourth-order valence-electron chi connectivity index (χ4n) is 4.95. The van der Waals surface area contributed by atoms with Crippen LogP contribution in [0.1, 0.15) is 25.0 Å². The Bertz CT molecular complexity index is 1190. The Morgan fingerprint density at radius 1 is 1.08 bits per heavy atom. The number of hydrogen-bond donors (Lipinski definition) is 4. The summed E-state index contributed by atoms with van der Waals surface area (Å²) in [4.78, 5) is 36.8. The van der Waals surface area contributed by atoms with Crippen LogP contribution in [0.4, 0.5) is 0 Å². The maximum atomic E-state index is 13.0. The van der Waals surface area contributed by atoms with Crippen molar-refractivity contribution in [3.63, 3.8) is 0 Å². The molecule has 1 amide bonds. The quantitative estimate of drug-likeness (QED) is 0.413. The summed E-state index contributed by atoms with van der Waals surface area (Å²) in [5.74, 6) is -3.35. The molecule has 4 atom stereocenters. The van der Waals surface area contributed by atoms with Crippen molar-refractivity contribution in [1.29, 1.82) is 0 Å². The van der Waals surface area contributed by atoms with Gasteiger partial charge in [0.1, 0.15) is 0 Å². The van der Waals surface area contributed by atoms with Gasteiger partial charge in [0, 0.05) is 43.6 Å². The SMILES string of the molecule is CCN(CC)C(=O)[C@@H]1C=C2c3cccc4c3c(c(Br)n4C)C[C@H]2N(C)C1.O=C(O)[C@H](O)[C@@H](O)C(=O)O. The molecule has 0 bridgehead atoms. The number of carbonyl (C=O) groups excluding carboxylic acids is 1. The average molecular weight is 566 g/mol. The number of likely N-dealkylation sites (N-methyl/N-ethyl adjacent to an activating group) is 1. The monoisotopic (exact) mass is 565 g/mol. The number of carboxylic acids is 2. The fourth-order valence-corrected chi connectivity index (χ4v) is 5.50. The van der Waals surface area contributed by atoms with Crippen molar-refractivity contribution in [3.8, 4) is 0 Å². The van der Waals surface area contributed by atoms with Crippen LogP contribution >= 0.6 is 15.9 Å². The highest BCUT2D eigenvalue weighted by atomic mass is 79.9. The number of fused-ring (bicyclic) bond motifs is 2. The van der Waals surface area contributed by atoms with Crippen molar-refractivity contribution >= 4 is 50.3 Å². The van der Waals surface area contributed by atoms with Crippen molar-refractivity contribution in [2.75, 3.05) is 26.7 Å².